The lowest BCUT2D eigenvalue weighted by Gasteiger charge is -2.21. The molecule has 2 aromatic rings. The lowest BCUT2D eigenvalue weighted by molar-refractivity contribution is -0.115. The molecule has 0 unspecified atom stereocenters. The van der Waals surface area contributed by atoms with Gasteiger partial charge in [0.25, 0.3) is 0 Å². The van der Waals surface area contributed by atoms with E-state index in [2.05, 4.69) is 15.8 Å². The van der Waals surface area contributed by atoms with Gasteiger partial charge in [-0.3, -0.25) is 4.79 Å². The summed E-state index contributed by atoms with van der Waals surface area (Å²) in [6.45, 7) is 2.26. The number of rotatable bonds is 3. The van der Waals surface area contributed by atoms with E-state index in [9.17, 15) is 4.79 Å². The zero-order valence-electron chi connectivity index (χ0n) is 11.9. The number of fused-ring (bicyclic) bond motifs is 2. The van der Waals surface area contributed by atoms with Crippen molar-refractivity contribution in [3.05, 3.63) is 23.4 Å². The molecule has 21 heavy (non-hydrogen) atoms. The maximum absolute atomic E-state index is 11.5. The number of benzene rings is 1. The number of nitrogens with zero attached hydrogens (tertiary/aromatic N) is 1. The van der Waals surface area contributed by atoms with Crippen LogP contribution in [0.4, 0.5) is 5.69 Å². The van der Waals surface area contributed by atoms with Crippen LogP contribution in [0.1, 0.15) is 30.5 Å². The van der Waals surface area contributed by atoms with Gasteiger partial charge in [0.15, 0.2) is 5.58 Å². The van der Waals surface area contributed by atoms with Gasteiger partial charge < -0.3 is 15.2 Å². The summed E-state index contributed by atoms with van der Waals surface area (Å²) in [5, 5.41) is 11.6. The van der Waals surface area contributed by atoms with Gasteiger partial charge in [0.1, 0.15) is 0 Å². The molecule has 1 saturated heterocycles. The fraction of sp³-hybridized carbons (Fsp3) is 0.500. The molecule has 1 aromatic carbocycles. The van der Waals surface area contributed by atoms with Crippen molar-refractivity contribution in [1.29, 1.82) is 0 Å². The standard InChI is InChI=1S/C16H19N3O2/c20-16-8-11-7-15-12(9-14(11)18-16)13(19-21-15)2-1-10-3-5-17-6-4-10/h7,9-10,17H,1-6,8H2,(H,18,20). The van der Waals surface area contributed by atoms with Crippen molar-refractivity contribution in [2.45, 2.75) is 32.1 Å². The molecule has 2 aliphatic heterocycles. The van der Waals surface area contributed by atoms with E-state index in [4.69, 9.17) is 4.52 Å². The van der Waals surface area contributed by atoms with Crippen LogP contribution in [0.3, 0.4) is 0 Å². The fourth-order valence-electron chi connectivity index (χ4n) is 3.40. The largest absolute Gasteiger partial charge is 0.356 e. The quantitative estimate of drug-likeness (QED) is 0.907. The minimum atomic E-state index is 0.0573. The Morgan fingerprint density at radius 3 is 3.00 bits per heavy atom. The Morgan fingerprint density at radius 1 is 1.29 bits per heavy atom. The summed E-state index contributed by atoms with van der Waals surface area (Å²) < 4.78 is 5.45. The maximum atomic E-state index is 11.5. The number of hydrogen-bond donors (Lipinski definition) is 2. The summed E-state index contributed by atoms with van der Waals surface area (Å²) in [4.78, 5) is 11.5. The van der Waals surface area contributed by atoms with Crippen molar-refractivity contribution in [1.82, 2.24) is 10.5 Å². The third-order valence-electron chi connectivity index (χ3n) is 4.64. The highest BCUT2D eigenvalue weighted by molar-refractivity contribution is 6.02. The topological polar surface area (TPSA) is 67.2 Å². The first-order valence-electron chi connectivity index (χ1n) is 7.71. The zero-order chi connectivity index (χ0) is 14.2. The van der Waals surface area contributed by atoms with Gasteiger partial charge in [-0.1, -0.05) is 5.16 Å². The van der Waals surface area contributed by atoms with Gasteiger partial charge in [-0.25, -0.2) is 0 Å². The molecule has 4 rings (SSSR count). The summed E-state index contributed by atoms with van der Waals surface area (Å²) in [7, 11) is 0. The molecule has 0 atom stereocenters. The second-order valence-electron chi connectivity index (χ2n) is 6.09. The number of aryl methyl sites for hydroxylation is 1. The number of hydrogen-bond acceptors (Lipinski definition) is 4. The van der Waals surface area contributed by atoms with Crippen LogP contribution < -0.4 is 10.6 Å². The van der Waals surface area contributed by atoms with E-state index in [-0.39, 0.29) is 5.91 Å². The highest BCUT2D eigenvalue weighted by Gasteiger charge is 2.21. The molecule has 1 aromatic heterocycles. The van der Waals surface area contributed by atoms with E-state index in [1.54, 1.807) is 0 Å². The number of carbonyl (C=O) groups excluding carboxylic acids is 1. The third-order valence-corrected chi connectivity index (χ3v) is 4.64. The molecule has 0 aliphatic carbocycles. The molecule has 5 nitrogen and oxygen atoms in total. The van der Waals surface area contributed by atoms with Gasteiger partial charge in [0.2, 0.25) is 5.91 Å². The van der Waals surface area contributed by atoms with Gasteiger partial charge in [0, 0.05) is 11.1 Å². The van der Waals surface area contributed by atoms with E-state index in [0.29, 0.717) is 6.42 Å². The molecule has 1 amide bonds. The summed E-state index contributed by atoms with van der Waals surface area (Å²) >= 11 is 0. The Hall–Kier alpha value is -1.88. The summed E-state index contributed by atoms with van der Waals surface area (Å²) in [6.07, 6.45) is 5.05. The van der Waals surface area contributed by atoms with Crippen LogP contribution in [0.2, 0.25) is 0 Å². The highest BCUT2D eigenvalue weighted by atomic mass is 16.5. The number of piperidine rings is 1. The number of anilines is 1. The average Bonchev–Trinajstić information content (AvgIpc) is 3.05. The van der Waals surface area contributed by atoms with Crippen LogP contribution in [0.5, 0.6) is 0 Å². The molecular formula is C16H19N3O2. The van der Waals surface area contributed by atoms with Crippen molar-refractivity contribution in [2.24, 2.45) is 5.92 Å². The smallest absolute Gasteiger partial charge is 0.228 e. The van der Waals surface area contributed by atoms with E-state index in [1.807, 2.05) is 12.1 Å². The van der Waals surface area contributed by atoms with E-state index < -0.39 is 0 Å². The predicted molar refractivity (Wildman–Crippen MR) is 80.3 cm³/mol. The normalized spacial score (nSPS) is 19.0. The van der Waals surface area contributed by atoms with Crippen molar-refractivity contribution in [3.8, 4) is 0 Å². The molecule has 3 heterocycles. The first kappa shape index (κ1) is 12.8. The monoisotopic (exact) mass is 285 g/mol. The van der Waals surface area contributed by atoms with Crippen LogP contribution in [-0.2, 0) is 17.6 Å². The van der Waals surface area contributed by atoms with Crippen molar-refractivity contribution < 1.29 is 9.32 Å². The zero-order valence-corrected chi connectivity index (χ0v) is 11.9. The van der Waals surface area contributed by atoms with E-state index >= 15 is 0 Å². The molecule has 5 heteroatoms. The number of nitrogens with one attached hydrogen (secondary N) is 2. The first-order valence-corrected chi connectivity index (χ1v) is 7.71. The fourth-order valence-corrected chi connectivity index (χ4v) is 3.40. The first-order chi connectivity index (χ1) is 10.3. The number of amides is 1. The van der Waals surface area contributed by atoms with Crippen LogP contribution >= 0.6 is 0 Å². The average molecular weight is 285 g/mol. The van der Waals surface area contributed by atoms with Crippen LogP contribution in [0.15, 0.2) is 16.7 Å². The Bertz CT molecular complexity index is 686. The van der Waals surface area contributed by atoms with Gasteiger partial charge in [-0.2, -0.15) is 0 Å². The van der Waals surface area contributed by atoms with E-state index in [1.165, 1.54) is 12.8 Å². The minimum Gasteiger partial charge on any atom is -0.356 e. The molecule has 0 radical (unpaired) electrons. The van der Waals surface area contributed by atoms with Gasteiger partial charge in [-0.05, 0) is 62.4 Å². The highest BCUT2D eigenvalue weighted by Crippen LogP contribution is 2.31. The van der Waals surface area contributed by atoms with Crippen molar-refractivity contribution in [2.75, 3.05) is 18.4 Å². The van der Waals surface area contributed by atoms with Crippen molar-refractivity contribution in [3.63, 3.8) is 0 Å². The Morgan fingerprint density at radius 2 is 2.14 bits per heavy atom. The van der Waals surface area contributed by atoms with Crippen LogP contribution in [0.25, 0.3) is 11.0 Å². The third kappa shape index (κ3) is 2.42. The number of carbonyl (C=O) groups is 1. The lowest BCUT2D eigenvalue weighted by Crippen LogP contribution is -2.27. The molecule has 2 aliphatic rings. The Kier molecular flexibility index (Phi) is 3.15. The van der Waals surface area contributed by atoms with Gasteiger partial charge >= 0.3 is 0 Å². The van der Waals surface area contributed by atoms with E-state index in [0.717, 1.165) is 59.8 Å². The van der Waals surface area contributed by atoms with Crippen LogP contribution in [-0.4, -0.2) is 24.2 Å². The minimum absolute atomic E-state index is 0.0573. The summed E-state index contributed by atoms with van der Waals surface area (Å²) in [6, 6.07) is 3.97. The molecule has 0 spiro atoms. The SMILES string of the molecule is O=C1Cc2cc3onc(CCC4CCNCC4)c3cc2N1. The molecule has 1 fully saturated rings. The predicted octanol–water partition coefficient (Wildman–Crippen LogP) is 2.25. The molecule has 0 saturated carbocycles. The molecular weight excluding hydrogens is 266 g/mol. The number of aromatic nitrogens is 1. The molecule has 2 N–H and O–H groups in total. The Labute approximate surface area is 123 Å². The summed E-state index contributed by atoms with van der Waals surface area (Å²) in [5.74, 6) is 0.842. The van der Waals surface area contributed by atoms with Gasteiger partial charge in [0.05, 0.1) is 12.1 Å². The van der Waals surface area contributed by atoms with Crippen LogP contribution in [0, 0.1) is 5.92 Å². The molecule has 0 bridgehead atoms. The summed E-state index contributed by atoms with van der Waals surface area (Å²) in [5.41, 5.74) is 3.74. The van der Waals surface area contributed by atoms with Crippen molar-refractivity contribution >= 4 is 22.6 Å². The second kappa shape index (κ2) is 5.15. The maximum Gasteiger partial charge on any atom is 0.228 e. The second-order valence-corrected chi connectivity index (χ2v) is 6.09. The Balaban J connectivity index is 1.55. The lowest BCUT2D eigenvalue weighted by atomic mass is 9.92. The molecule has 110 valence electrons. The van der Waals surface area contributed by atoms with Gasteiger partial charge in [-0.15, -0.1) is 0 Å².